The first-order valence-corrected chi connectivity index (χ1v) is 8.94. The van der Waals surface area contributed by atoms with Gasteiger partial charge in [0.15, 0.2) is 0 Å². The molecule has 0 aliphatic heterocycles. The lowest BCUT2D eigenvalue weighted by Crippen LogP contribution is -2.46. The molecule has 0 aromatic heterocycles. The van der Waals surface area contributed by atoms with Crippen LogP contribution < -0.4 is 0 Å². The van der Waals surface area contributed by atoms with Crippen molar-refractivity contribution in [2.24, 2.45) is 22.7 Å². The Balaban J connectivity index is 1.86. The highest BCUT2D eigenvalue weighted by atomic mass is 16.5. The SMILES string of the molecule is COC1=C2[C@@H](CC[C@]3(C)C(O)CC[C@@H]23)[C@@]2(C)C=CC(O)CC2=C1. The van der Waals surface area contributed by atoms with E-state index in [1.807, 2.05) is 6.08 Å². The van der Waals surface area contributed by atoms with Crippen molar-refractivity contribution in [3.05, 3.63) is 35.1 Å². The lowest BCUT2D eigenvalue weighted by Gasteiger charge is -2.53. The van der Waals surface area contributed by atoms with Crippen LogP contribution in [0.15, 0.2) is 35.1 Å². The van der Waals surface area contributed by atoms with E-state index in [0.29, 0.717) is 18.3 Å². The molecule has 4 aliphatic carbocycles. The normalized spacial score (nSPS) is 48.5. The second-order valence-corrected chi connectivity index (χ2v) is 8.35. The quantitative estimate of drug-likeness (QED) is 0.730. The first-order valence-electron chi connectivity index (χ1n) is 8.94. The van der Waals surface area contributed by atoms with Crippen molar-refractivity contribution in [2.45, 2.75) is 58.2 Å². The van der Waals surface area contributed by atoms with Crippen LogP contribution in [0.5, 0.6) is 0 Å². The first-order chi connectivity index (χ1) is 10.9. The highest BCUT2D eigenvalue weighted by molar-refractivity contribution is 5.45. The Labute approximate surface area is 138 Å². The van der Waals surface area contributed by atoms with Crippen LogP contribution in [0.3, 0.4) is 0 Å². The van der Waals surface area contributed by atoms with E-state index in [-0.39, 0.29) is 23.0 Å². The molecule has 0 heterocycles. The summed E-state index contributed by atoms with van der Waals surface area (Å²) in [6.45, 7) is 4.57. The smallest absolute Gasteiger partial charge is 0.118 e. The van der Waals surface area contributed by atoms with Crippen LogP contribution in [0, 0.1) is 22.7 Å². The van der Waals surface area contributed by atoms with Gasteiger partial charge in [0.2, 0.25) is 0 Å². The van der Waals surface area contributed by atoms with Gasteiger partial charge >= 0.3 is 0 Å². The number of fused-ring (bicyclic) bond motifs is 5. The summed E-state index contributed by atoms with van der Waals surface area (Å²) in [6, 6.07) is 0. The van der Waals surface area contributed by atoms with Gasteiger partial charge in [0.25, 0.3) is 0 Å². The minimum atomic E-state index is -0.379. The third-order valence-electron chi connectivity index (χ3n) is 7.33. The molecule has 4 rings (SSSR count). The van der Waals surface area contributed by atoms with Crippen LogP contribution >= 0.6 is 0 Å². The van der Waals surface area contributed by atoms with Crippen molar-refractivity contribution < 1.29 is 14.9 Å². The zero-order chi connectivity index (χ0) is 16.4. The fourth-order valence-electron chi connectivity index (χ4n) is 5.79. The van der Waals surface area contributed by atoms with Crippen LogP contribution in [0.1, 0.15) is 46.0 Å². The highest BCUT2D eigenvalue weighted by Gasteiger charge is 2.57. The van der Waals surface area contributed by atoms with Crippen LogP contribution in [-0.2, 0) is 4.74 Å². The molecule has 0 bridgehead atoms. The van der Waals surface area contributed by atoms with Crippen molar-refractivity contribution in [2.75, 3.05) is 7.11 Å². The Morgan fingerprint density at radius 1 is 1.13 bits per heavy atom. The van der Waals surface area contributed by atoms with Crippen LogP contribution in [0.25, 0.3) is 0 Å². The van der Waals surface area contributed by atoms with Crippen LogP contribution in [0.2, 0.25) is 0 Å². The van der Waals surface area contributed by atoms with E-state index < -0.39 is 0 Å². The van der Waals surface area contributed by atoms with Gasteiger partial charge in [0, 0.05) is 10.8 Å². The number of aliphatic hydroxyl groups is 2. The zero-order valence-corrected chi connectivity index (χ0v) is 14.4. The van der Waals surface area contributed by atoms with E-state index in [1.165, 1.54) is 11.1 Å². The summed E-state index contributed by atoms with van der Waals surface area (Å²) in [5.74, 6) is 1.85. The number of hydrogen-bond donors (Lipinski definition) is 2. The number of ether oxygens (including phenoxy) is 1. The van der Waals surface area contributed by atoms with Crippen molar-refractivity contribution in [1.82, 2.24) is 0 Å². The molecule has 0 spiro atoms. The minimum absolute atomic E-state index is 0.00475. The maximum Gasteiger partial charge on any atom is 0.118 e. The van der Waals surface area contributed by atoms with Gasteiger partial charge in [-0.15, -0.1) is 0 Å². The minimum Gasteiger partial charge on any atom is -0.497 e. The second-order valence-electron chi connectivity index (χ2n) is 8.35. The number of methoxy groups -OCH3 is 1. The Morgan fingerprint density at radius 2 is 1.91 bits per heavy atom. The van der Waals surface area contributed by atoms with Crippen molar-refractivity contribution in [3.63, 3.8) is 0 Å². The standard InChI is InChI=1S/C20H28O3/c1-19-8-6-13(21)10-12(19)11-16(23-3)18-14-4-5-17(22)20(14,2)9-7-15(18)19/h6,8,11,13-15,17,21-22H,4-5,7,9-10H2,1-3H3/t13?,14-,15+,17?,19-,20-/m0/s1. The molecule has 23 heavy (non-hydrogen) atoms. The van der Waals surface area contributed by atoms with Crippen molar-refractivity contribution >= 4 is 0 Å². The lowest BCUT2D eigenvalue weighted by molar-refractivity contribution is 0.00948. The number of aliphatic hydroxyl groups excluding tert-OH is 2. The van der Waals surface area contributed by atoms with Gasteiger partial charge in [-0.05, 0) is 55.6 Å². The summed E-state index contributed by atoms with van der Waals surface area (Å²) >= 11 is 0. The van der Waals surface area contributed by atoms with Crippen LogP contribution in [0.4, 0.5) is 0 Å². The average molecular weight is 316 g/mol. The number of rotatable bonds is 1. The predicted octanol–water partition coefficient (Wildman–Crippen LogP) is 3.34. The summed E-state index contributed by atoms with van der Waals surface area (Å²) in [5, 5.41) is 20.6. The van der Waals surface area contributed by atoms with Gasteiger partial charge in [-0.1, -0.05) is 31.6 Å². The molecule has 126 valence electrons. The molecular weight excluding hydrogens is 288 g/mol. The van der Waals surface area contributed by atoms with Gasteiger partial charge in [0.05, 0.1) is 19.3 Å². The first kappa shape index (κ1) is 15.5. The summed E-state index contributed by atoms with van der Waals surface area (Å²) in [5.41, 5.74) is 2.70. The highest BCUT2D eigenvalue weighted by Crippen LogP contribution is 2.63. The average Bonchev–Trinajstić information content (AvgIpc) is 2.83. The van der Waals surface area contributed by atoms with E-state index in [9.17, 15) is 10.2 Å². The number of hydrogen-bond acceptors (Lipinski definition) is 3. The fourth-order valence-corrected chi connectivity index (χ4v) is 5.79. The zero-order valence-electron chi connectivity index (χ0n) is 14.4. The molecule has 2 fully saturated rings. The molecule has 0 aromatic rings. The van der Waals surface area contributed by atoms with E-state index in [0.717, 1.165) is 31.4 Å². The maximum absolute atomic E-state index is 10.5. The second kappa shape index (κ2) is 4.97. The van der Waals surface area contributed by atoms with Gasteiger partial charge in [-0.2, -0.15) is 0 Å². The molecule has 0 aromatic carbocycles. The monoisotopic (exact) mass is 316 g/mol. The molecule has 3 nitrogen and oxygen atoms in total. The van der Waals surface area contributed by atoms with Crippen LogP contribution in [-0.4, -0.2) is 29.5 Å². The van der Waals surface area contributed by atoms with E-state index in [2.05, 4.69) is 26.0 Å². The Bertz CT molecular complexity index is 616. The van der Waals surface area contributed by atoms with Gasteiger partial charge < -0.3 is 14.9 Å². The molecule has 0 saturated heterocycles. The maximum atomic E-state index is 10.5. The molecule has 2 unspecified atom stereocenters. The largest absolute Gasteiger partial charge is 0.497 e. The molecule has 2 saturated carbocycles. The third kappa shape index (κ3) is 1.96. The Hall–Kier alpha value is -1.06. The molecule has 2 N–H and O–H groups in total. The molecule has 4 aliphatic rings. The summed E-state index contributed by atoms with van der Waals surface area (Å²) in [6.07, 6.45) is 10.6. The molecule has 0 radical (unpaired) electrons. The summed E-state index contributed by atoms with van der Waals surface area (Å²) in [7, 11) is 1.76. The molecule has 0 amide bonds. The molecule has 3 heteroatoms. The van der Waals surface area contributed by atoms with E-state index in [1.54, 1.807) is 7.11 Å². The molecule has 6 atom stereocenters. The number of allylic oxidation sites excluding steroid dienone is 3. The van der Waals surface area contributed by atoms with Gasteiger partial charge in [-0.3, -0.25) is 0 Å². The predicted molar refractivity (Wildman–Crippen MR) is 89.6 cm³/mol. The van der Waals surface area contributed by atoms with Gasteiger partial charge in [0.1, 0.15) is 5.76 Å². The summed E-state index contributed by atoms with van der Waals surface area (Å²) < 4.78 is 5.79. The molecular formula is C20H28O3. The van der Waals surface area contributed by atoms with Crippen molar-refractivity contribution in [1.29, 1.82) is 0 Å². The lowest BCUT2D eigenvalue weighted by atomic mass is 9.52. The Morgan fingerprint density at radius 3 is 2.65 bits per heavy atom. The van der Waals surface area contributed by atoms with Crippen molar-refractivity contribution in [3.8, 4) is 0 Å². The van der Waals surface area contributed by atoms with E-state index in [4.69, 9.17) is 4.74 Å². The van der Waals surface area contributed by atoms with E-state index >= 15 is 0 Å². The topological polar surface area (TPSA) is 49.7 Å². The third-order valence-corrected chi connectivity index (χ3v) is 7.33. The summed E-state index contributed by atoms with van der Waals surface area (Å²) in [4.78, 5) is 0. The Kier molecular flexibility index (Phi) is 3.34. The van der Waals surface area contributed by atoms with Gasteiger partial charge in [-0.25, -0.2) is 0 Å². The fraction of sp³-hybridized carbons (Fsp3) is 0.700.